The minimum absolute atomic E-state index is 0.102. The summed E-state index contributed by atoms with van der Waals surface area (Å²) in [5, 5.41) is 25.0. The van der Waals surface area contributed by atoms with Gasteiger partial charge in [0.05, 0.1) is 30.0 Å². The summed E-state index contributed by atoms with van der Waals surface area (Å²) in [5.41, 5.74) is 3.55. The SMILES string of the molecule is O=C(O)c1ccc2[nH]c(O)c(C3=Nc4ccccc4/C3=N\OCCN3CCOCC3)c2c1. The van der Waals surface area contributed by atoms with E-state index in [2.05, 4.69) is 20.0 Å². The Hall–Kier alpha value is -3.69. The molecule has 5 rings (SSSR count). The Labute approximate surface area is 183 Å². The summed E-state index contributed by atoms with van der Waals surface area (Å²) in [6.07, 6.45) is 0. The fourth-order valence-corrected chi connectivity index (χ4v) is 3.99. The molecule has 2 aliphatic rings. The van der Waals surface area contributed by atoms with Crippen molar-refractivity contribution in [3.8, 4) is 5.88 Å². The fourth-order valence-electron chi connectivity index (χ4n) is 3.99. The number of carbonyl (C=O) groups is 1. The number of aromatic carboxylic acids is 1. The lowest BCUT2D eigenvalue weighted by Crippen LogP contribution is -2.38. The van der Waals surface area contributed by atoms with Crippen LogP contribution in [0.2, 0.25) is 0 Å². The molecule has 3 aromatic rings. The van der Waals surface area contributed by atoms with Crippen molar-refractivity contribution in [3.05, 3.63) is 59.2 Å². The van der Waals surface area contributed by atoms with Crippen LogP contribution in [0.25, 0.3) is 10.9 Å². The van der Waals surface area contributed by atoms with Gasteiger partial charge >= 0.3 is 5.97 Å². The van der Waals surface area contributed by atoms with Crippen molar-refractivity contribution < 1.29 is 24.6 Å². The molecule has 3 heterocycles. The Bertz CT molecular complexity index is 1240. The normalized spacial score (nSPS) is 17.5. The summed E-state index contributed by atoms with van der Waals surface area (Å²) < 4.78 is 5.36. The minimum Gasteiger partial charge on any atom is -0.494 e. The van der Waals surface area contributed by atoms with Crippen LogP contribution in [0.4, 0.5) is 5.69 Å². The number of ether oxygens (including phenoxy) is 1. The third-order valence-corrected chi connectivity index (χ3v) is 5.64. The lowest BCUT2D eigenvalue weighted by molar-refractivity contribution is 0.0213. The number of nitrogens with one attached hydrogen (secondary N) is 1. The minimum atomic E-state index is -1.05. The summed E-state index contributed by atoms with van der Waals surface area (Å²) in [7, 11) is 0. The summed E-state index contributed by atoms with van der Waals surface area (Å²) in [5.74, 6) is -1.15. The van der Waals surface area contributed by atoms with E-state index >= 15 is 0 Å². The molecular weight excluding hydrogens is 412 g/mol. The van der Waals surface area contributed by atoms with E-state index in [9.17, 15) is 15.0 Å². The second kappa shape index (κ2) is 8.45. The number of aromatic amines is 1. The van der Waals surface area contributed by atoms with Crippen molar-refractivity contribution in [3.63, 3.8) is 0 Å². The molecule has 0 bridgehead atoms. The quantitative estimate of drug-likeness (QED) is 0.405. The molecule has 32 heavy (non-hydrogen) atoms. The van der Waals surface area contributed by atoms with Crippen LogP contribution in [0.5, 0.6) is 5.88 Å². The number of aromatic hydroxyl groups is 1. The van der Waals surface area contributed by atoms with Crippen molar-refractivity contribution in [2.75, 3.05) is 39.5 Å². The van der Waals surface area contributed by atoms with Gasteiger partial charge in [0.15, 0.2) is 5.88 Å². The van der Waals surface area contributed by atoms with Crippen molar-refractivity contribution in [2.24, 2.45) is 10.1 Å². The van der Waals surface area contributed by atoms with Crippen LogP contribution in [0.1, 0.15) is 21.5 Å². The molecule has 0 unspecified atom stereocenters. The second-order valence-corrected chi connectivity index (χ2v) is 7.62. The van der Waals surface area contributed by atoms with Gasteiger partial charge in [0.2, 0.25) is 0 Å². The van der Waals surface area contributed by atoms with Crippen LogP contribution in [-0.4, -0.2) is 76.9 Å². The highest BCUT2D eigenvalue weighted by molar-refractivity contribution is 6.58. The Morgan fingerprint density at radius 3 is 2.84 bits per heavy atom. The number of para-hydroxylation sites is 1. The average Bonchev–Trinajstić information content (AvgIpc) is 3.33. The molecular formula is C23H22N4O5. The molecule has 0 amide bonds. The zero-order valence-electron chi connectivity index (χ0n) is 17.2. The Morgan fingerprint density at radius 1 is 1.22 bits per heavy atom. The molecule has 2 aliphatic heterocycles. The van der Waals surface area contributed by atoms with Gasteiger partial charge in [0, 0.05) is 36.1 Å². The number of morpholine rings is 1. The first-order valence-electron chi connectivity index (χ1n) is 10.4. The number of carboxylic acid groups (broad SMARTS) is 1. The van der Waals surface area contributed by atoms with Crippen LogP contribution in [0, 0.1) is 0 Å². The third-order valence-electron chi connectivity index (χ3n) is 5.64. The first-order valence-corrected chi connectivity index (χ1v) is 10.4. The number of hydrogen-bond acceptors (Lipinski definition) is 7. The highest BCUT2D eigenvalue weighted by Gasteiger charge is 2.29. The van der Waals surface area contributed by atoms with Gasteiger partial charge < -0.3 is 24.8 Å². The first-order chi connectivity index (χ1) is 15.6. The molecule has 9 nitrogen and oxygen atoms in total. The predicted molar refractivity (Wildman–Crippen MR) is 119 cm³/mol. The van der Waals surface area contributed by atoms with Crippen LogP contribution in [0.15, 0.2) is 52.6 Å². The number of fused-ring (bicyclic) bond motifs is 2. The Kier molecular flexibility index (Phi) is 5.34. The topological polar surface area (TPSA) is 120 Å². The van der Waals surface area contributed by atoms with Gasteiger partial charge in [0.1, 0.15) is 18.0 Å². The number of aromatic nitrogens is 1. The number of aliphatic imine (C=N–C) groups is 1. The molecule has 0 spiro atoms. The monoisotopic (exact) mass is 434 g/mol. The first kappa shape index (κ1) is 20.2. The van der Waals surface area contributed by atoms with E-state index in [1.165, 1.54) is 12.1 Å². The summed E-state index contributed by atoms with van der Waals surface area (Å²) in [6, 6.07) is 12.1. The molecule has 9 heteroatoms. The molecule has 2 aromatic carbocycles. The number of benzene rings is 2. The molecule has 1 saturated heterocycles. The van der Waals surface area contributed by atoms with Gasteiger partial charge in [-0.05, 0) is 24.3 Å². The smallest absolute Gasteiger partial charge is 0.335 e. The number of nitrogens with zero attached hydrogens (tertiary/aromatic N) is 3. The van der Waals surface area contributed by atoms with Crippen LogP contribution in [0.3, 0.4) is 0 Å². The van der Waals surface area contributed by atoms with Gasteiger partial charge in [-0.1, -0.05) is 23.4 Å². The average molecular weight is 434 g/mol. The van der Waals surface area contributed by atoms with Crippen molar-refractivity contribution >= 4 is 34.0 Å². The van der Waals surface area contributed by atoms with Crippen LogP contribution < -0.4 is 0 Å². The molecule has 0 saturated carbocycles. The summed E-state index contributed by atoms with van der Waals surface area (Å²) >= 11 is 0. The number of oxime groups is 1. The van der Waals surface area contributed by atoms with Gasteiger partial charge in [0.25, 0.3) is 0 Å². The van der Waals surface area contributed by atoms with E-state index in [4.69, 9.17) is 9.57 Å². The number of hydrogen-bond donors (Lipinski definition) is 3. The van der Waals surface area contributed by atoms with E-state index in [1.807, 2.05) is 24.3 Å². The fraction of sp³-hybridized carbons (Fsp3) is 0.261. The maximum atomic E-state index is 11.5. The second-order valence-electron chi connectivity index (χ2n) is 7.62. The van der Waals surface area contributed by atoms with Crippen molar-refractivity contribution in [2.45, 2.75) is 0 Å². The maximum absolute atomic E-state index is 11.5. The van der Waals surface area contributed by atoms with Gasteiger partial charge in [-0.3, -0.25) is 4.90 Å². The lowest BCUT2D eigenvalue weighted by atomic mass is 10.00. The largest absolute Gasteiger partial charge is 0.494 e. The number of carboxylic acids is 1. The van der Waals surface area contributed by atoms with Crippen molar-refractivity contribution in [1.82, 2.24) is 9.88 Å². The van der Waals surface area contributed by atoms with Crippen LogP contribution >= 0.6 is 0 Å². The summed E-state index contributed by atoms with van der Waals surface area (Å²) in [6.45, 7) is 4.31. The molecule has 1 fully saturated rings. The molecule has 0 radical (unpaired) electrons. The Balaban J connectivity index is 1.49. The standard InChI is InChI=1S/C23H22N4O5/c28-22-19(16-13-14(23(29)30)5-6-18(16)25-22)21-20(15-3-1-2-4-17(15)24-21)26-32-12-9-27-7-10-31-11-8-27/h1-6,13,25,28H,7-12H2,(H,29,30)/b26-20+. The summed E-state index contributed by atoms with van der Waals surface area (Å²) in [4.78, 5) is 27.0. The molecule has 3 N–H and O–H groups in total. The van der Waals surface area contributed by atoms with E-state index in [0.29, 0.717) is 40.2 Å². The number of H-pyrrole nitrogens is 1. The zero-order valence-corrected chi connectivity index (χ0v) is 17.2. The van der Waals surface area contributed by atoms with E-state index in [-0.39, 0.29) is 11.4 Å². The maximum Gasteiger partial charge on any atom is 0.335 e. The van der Waals surface area contributed by atoms with Crippen molar-refractivity contribution in [1.29, 1.82) is 0 Å². The molecule has 1 aromatic heterocycles. The lowest BCUT2D eigenvalue weighted by Gasteiger charge is -2.25. The van der Waals surface area contributed by atoms with Gasteiger partial charge in [-0.25, -0.2) is 9.79 Å². The Morgan fingerprint density at radius 2 is 2.03 bits per heavy atom. The third kappa shape index (κ3) is 3.72. The van der Waals surface area contributed by atoms with Crippen LogP contribution in [-0.2, 0) is 9.57 Å². The molecule has 164 valence electrons. The zero-order chi connectivity index (χ0) is 22.1. The predicted octanol–water partition coefficient (Wildman–Crippen LogP) is 2.76. The number of rotatable bonds is 6. The van der Waals surface area contributed by atoms with E-state index < -0.39 is 5.97 Å². The van der Waals surface area contributed by atoms with Gasteiger partial charge in [-0.2, -0.15) is 0 Å². The molecule has 0 aliphatic carbocycles. The van der Waals surface area contributed by atoms with Gasteiger partial charge in [-0.15, -0.1) is 0 Å². The highest BCUT2D eigenvalue weighted by atomic mass is 16.6. The van der Waals surface area contributed by atoms with E-state index in [0.717, 1.165) is 38.4 Å². The van der Waals surface area contributed by atoms with E-state index in [1.54, 1.807) is 6.07 Å². The highest BCUT2D eigenvalue weighted by Crippen LogP contribution is 2.36. The molecule has 0 atom stereocenters.